The van der Waals surface area contributed by atoms with Crippen molar-refractivity contribution in [3.05, 3.63) is 39.9 Å². The van der Waals surface area contributed by atoms with E-state index in [2.05, 4.69) is 9.97 Å². The van der Waals surface area contributed by atoms with Crippen molar-refractivity contribution in [2.75, 3.05) is 0 Å². The minimum atomic E-state index is -2.63. The molecule has 100 valence electrons. The van der Waals surface area contributed by atoms with Crippen LogP contribution in [0, 0.1) is 6.92 Å². The van der Waals surface area contributed by atoms with Gasteiger partial charge in [0.1, 0.15) is 5.82 Å². The lowest BCUT2D eigenvalue weighted by atomic mass is 10.1. The lowest BCUT2D eigenvalue weighted by Gasteiger charge is -2.10. The molecule has 1 fully saturated rings. The fourth-order valence-electron chi connectivity index (χ4n) is 2.65. The second kappa shape index (κ2) is 4.11. The number of nitrogens with zero attached hydrogens (tertiary/aromatic N) is 1. The number of aromatic nitrogens is 2. The summed E-state index contributed by atoms with van der Waals surface area (Å²) >= 11 is 0. The molecule has 0 bridgehead atoms. The molecule has 1 aliphatic carbocycles. The molecular formula is C14H14F2N2O. The SMILES string of the molecule is Cc1ccc2nc([C@H]3CCC(F)(F)C3)[nH]c(=O)c2c1. The third kappa shape index (κ3) is 2.25. The molecular weight excluding hydrogens is 250 g/mol. The summed E-state index contributed by atoms with van der Waals surface area (Å²) in [6.07, 6.45) is 0.00787. The average molecular weight is 264 g/mol. The van der Waals surface area contributed by atoms with Gasteiger partial charge in [-0.1, -0.05) is 11.6 Å². The Hall–Kier alpha value is -1.78. The van der Waals surface area contributed by atoms with Crippen LogP contribution in [0.15, 0.2) is 23.0 Å². The van der Waals surface area contributed by atoms with Crippen molar-refractivity contribution < 1.29 is 8.78 Å². The number of halogens is 2. The maximum Gasteiger partial charge on any atom is 0.258 e. The summed E-state index contributed by atoms with van der Waals surface area (Å²) in [5.74, 6) is -2.60. The number of H-pyrrole nitrogens is 1. The lowest BCUT2D eigenvalue weighted by molar-refractivity contribution is 0.00754. The van der Waals surface area contributed by atoms with Crippen LogP contribution in [0.25, 0.3) is 10.9 Å². The molecule has 0 spiro atoms. The minimum absolute atomic E-state index is 0.132. The molecule has 1 atom stereocenters. The number of benzene rings is 1. The first-order chi connectivity index (χ1) is 8.94. The number of hydrogen-bond acceptors (Lipinski definition) is 2. The van der Waals surface area contributed by atoms with E-state index in [4.69, 9.17) is 0 Å². The molecule has 0 aliphatic heterocycles. The minimum Gasteiger partial charge on any atom is -0.310 e. The van der Waals surface area contributed by atoms with Crippen LogP contribution in [0.3, 0.4) is 0 Å². The van der Waals surface area contributed by atoms with E-state index in [0.717, 1.165) is 5.56 Å². The van der Waals surface area contributed by atoms with Crippen LogP contribution in [-0.4, -0.2) is 15.9 Å². The number of rotatable bonds is 1. The van der Waals surface area contributed by atoms with E-state index >= 15 is 0 Å². The second-order valence-corrected chi connectivity index (χ2v) is 5.27. The van der Waals surface area contributed by atoms with Gasteiger partial charge < -0.3 is 4.98 Å². The Kier molecular flexibility index (Phi) is 2.66. The molecule has 0 unspecified atom stereocenters. The molecule has 1 aliphatic rings. The van der Waals surface area contributed by atoms with Gasteiger partial charge in [0, 0.05) is 18.8 Å². The topological polar surface area (TPSA) is 45.8 Å². The van der Waals surface area contributed by atoms with Gasteiger partial charge in [-0.15, -0.1) is 0 Å². The van der Waals surface area contributed by atoms with Gasteiger partial charge in [-0.05, 0) is 25.5 Å². The first-order valence-corrected chi connectivity index (χ1v) is 6.33. The smallest absolute Gasteiger partial charge is 0.258 e. The van der Waals surface area contributed by atoms with Crippen molar-refractivity contribution in [1.82, 2.24) is 9.97 Å². The molecule has 2 aromatic rings. The fraction of sp³-hybridized carbons (Fsp3) is 0.429. The highest BCUT2D eigenvalue weighted by atomic mass is 19.3. The van der Waals surface area contributed by atoms with Crippen molar-refractivity contribution in [2.24, 2.45) is 0 Å². The molecule has 1 saturated carbocycles. The second-order valence-electron chi connectivity index (χ2n) is 5.27. The number of nitrogens with one attached hydrogen (secondary N) is 1. The molecule has 1 aromatic heterocycles. The Morgan fingerprint density at radius 1 is 1.42 bits per heavy atom. The molecule has 3 rings (SSSR count). The van der Waals surface area contributed by atoms with E-state index in [1.165, 1.54) is 0 Å². The summed E-state index contributed by atoms with van der Waals surface area (Å²) in [6, 6.07) is 5.38. The van der Waals surface area contributed by atoms with Crippen LogP contribution < -0.4 is 5.56 Å². The Morgan fingerprint density at radius 3 is 2.89 bits per heavy atom. The van der Waals surface area contributed by atoms with E-state index in [1.807, 2.05) is 13.0 Å². The summed E-state index contributed by atoms with van der Waals surface area (Å²) in [6.45, 7) is 1.89. The maximum absolute atomic E-state index is 13.2. The van der Waals surface area contributed by atoms with Gasteiger partial charge in [-0.25, -0.2) is 13.8 Å². The zero-order valence-electron chi connectivity index (χ0n) is 10.5. The molecule has 1 aromatic carbocycles. The normalized spacial score (nSPS) is 21.9. The quantitative estimate of drug-likeness (QED) is 0.860. The Balaban J connectivity index is 2.07. The van der Waals surface area contributed by atoms with Crippen molar-refractivity contribution in [3.8, 4) is 0 Å². The van der Waals surface area contributed by atoms with E-state index < -0.39 is 5.92 Å². The van der Waals surface area contributed by atoms with Crippen molar-refractivity contribution in [2.45, 2.75) is 38.0 Å². The monoisotopic (exact) mass is 264 g/mol. The van der Waals surface area contributed by atoms with E-state index in [-0.39, 0.29) is 24.3 Å². The highest BCUT2D eigenvalue weighted by molar-refractivity contribution is 5.78. The van der Waals surface area contributed by atoms with Gasteiger partial charge in [-0.2, -0.15) is 0 Å². The first kappa shape index (κ1) is 12.3. The third-order valence-corrected chi connectivity index (χ3v) is 3.67. The van der Waals surface area contributed by atoms with Crippen molar-refractivity contribution >= 4 is 10.9 Å². The van der Waals surface area contributed by atoms with Crippen LogP contribution >= 0.6 is 0 Å². The molecule has 0 radical (unpaired) electrons. The van der Waals surface area contributed by atoms with E-state index in [9.17, 15) is 13.6 Å². The van der Waals surface area contributed by atoms with Crippen LogP contribution in [-0.2, 0) is 0 Å². The summed E-state index contributed by atoms with van der Waals surface area (Å²) in [7, 11) is 0. The maximum atomic E-state index is 13.2. The van der Waals surface area contributed by atoms with Gasteiger partial charge in [0.05, 0.1) is 10.9 Å². The molecule has 1 N–H and O–H groups in total. The Bertz CT molecular complexity index is 693. The summed E-state index contributed by atoms with van der Waals surface area (Å²) < 4.78 is 26.5. The van der Waals surface area contributed by atoms with Crippen molar-refractivity contribution in [3.63, 3.8) is 0 Å². The summed E-state index contributed by atoms with van der Waals surface area (Å²) in [5, 5.41) is 0.508. The van der Waals surface area contributed by atoms with Crippen molar-refractivity contribution in [1.29, 1.82) is 0 Å². The first-order valence-electron chi connectivity index (χ1n) is 6.33. The van der Waals surface area contributed by atoms with Gasteiger partial charge in [0.25, 0.3) is 5.56 Å². The molecule has 5 heteroatoms. The highest BCUT2D eigenvalue weighted by Gasteiger charge is 2.41. The number of aryl methyl sites for hydroxylation is 1. The summed E-state index contributed by atoms with van der Waals surface area (Å²) in [4.78, 5) is 19.0. The van der Waals surface area contributed by atoms with Crippen LogP contribution in [0.5, 0.6) is 0 Å². The predicted octanol–water partition coefficient (Wildman–Crippen LogP) is 3.13. The standard InChI is InChI=1S/C14H14F2N2O/c1-8-2-3-11-10(6-8)13(19)18-12(17-11)9-4-5-14(15,16)7-9/h2-3,6,9H,4-5,7H2,1H3,(H,17,18,19)/t9-/m0/s1. The number of hydrogen-bond donors (Lipinski definition) is 1. The van der Waals surface area contributed by atoms with Gasteiger partial charge in [0.15, 0.2) is 0 Å². The predicted molar refractivity (Wildman–Crippen MR) is 68.6 cm³/mol. The number of fused-ring (bicyclic) bond motifs is 1. The van der Waals surface area contributed by atoms with Gasteiger partial charge >= 0.3 is 0 Å². The molecule has 19 heavy (non-hydrogen) atoms. The Labute approximate surface area is 108 Å². The van der Waals surface area contributed by atoms with Crippen LogP contribution in [0.4, 0.5) is 8.78 Å². The van der Waals surface area contributed by atoms with E-state index in [1.54, 1.807) is 12.1 Å². The van der Waals surface area contributed by atoms with Gasteiger partial charge in [-0.3, -0.25) is 4.79 Å². The van der Waals surface area contributed by atoms with Gasteiger partial charge in [0.2, 0.25) is 5.92 Å². The fourth-order valence-corrected chi connectivity index (χ4v) is 2.65. The van der Waals surface area contributed by atoms with E-state index in [0.29, 0.717) is 23.1 Å². The molecule has 0 amide bonds. The largest absolute Gasteiger partial charge is 0.310 e. The third-order valence-electron chi connectivity index (χ3n) is 3.67. The Morgan fingerprint density at radius 2 is 2.21 bits per heavy atom. The molecule has 0 saturated heterocycles. The molecule has 3 nitrogen and oxygen atoms in total. The number of alkyl halides is 2. The molecule has 1 heterocycles. The average Bonchev–Trinajstić information content (AvgIpc) is 2.70. The number of aromatic amines is 1. The zero-order valence-corrected chi connectivity index (χ0v) is 10.5. The van der Waals surface area contributed by atoms with Crippen LogP contribution in [0.2, 0.25) is 0 Å². The zero-order chi connectivity index (χ0) is 13.6. The highest BCUT2D eigenvalue weighted by Crippen LogP contribution is 2.43. The lowest BCUT2D eigenvalue weighted by Crippen LogP contribution is -2.15. The van der Waals surface area contributed by atoms with Crippen LogP contribution in [0.1, 0.15) is 36.6 Å². The summed E-state index contributed by atoms with van der Waals surface area (Å²) in [5.41, 5.74) is 1.29.